The van der Waals surface area contributed by atoms with Gasteiger partial charge < -0.3 is 9.47 Å². The molecule has 122 valence electrons. The Balaban J connectivity index is 3.45. The lowest BCUT2D eigenvalue weighted by Gasteiger charge is -2.33. The van der Waals surface area contributed by atoms with Crippen LogP contribution in [0.4, 0.5) is 0 Å². The van der Waals surface area contributed by atoms with Gasteiger partial charge in [0, 0.05) is 16.6 Å². The molecule has 0 aromatic heterocycles. The Bertz CT molecular complexity index is 574. The van der Waals surface area contributed by atoms with E-state index in [0.717, 1.165) is 6.42 Å². The molecule has 0 bridgehead atoms. The molecule has 0 spiro atoms. The van der Waals surface area contributed by atoms with Crippen molar-refractivity contribution in [2.24, 2.45) is 5.41 Å². The lowest BCUT2D eigenvalue weighted by atomic mass is 9.70. The highest BCUT2D eigenvalue weighted by atomic mass is 16.5. The summed E-state index contributed by atoms with van der Waals surface area (Å²) in [6.45, 7) is 9.78. The minimum absolute atomic E-state index is 0.00461. The van der Waals surface area contributed by atoms with Crippen molar-refractivity contribution in [2.75, 3.05) is 14.2 Å². The maximum atomic E-state index is 12.8. The van der Waals surface area contributed by atoms with Gasteiger partial charge in [0.1, 0.15) is 0 Å². The Labute approximate surface area is 132 Å². The first-order chi connectivity index (χ1) is 10.2. The fraction of sp³-hybridized carbons (Fsp3) is 0.556. The molecule has 0 aliphatic heterocycles. The number of hydrogen-bond donors (Lipinski definition) is 0. The second kappa shape index (κ2) is 6.95. The SMILES string of the molecule is CCC(C)(CC=C(C)C)C1=C(C)C(=O)C(OC)=C(OC)C1=O. The average Bonchev–Trinajstić information content (AvgIpc) is 2.48. The molecule has 1 atom stereocenters. The van der Waals surface area contributed by atoms with Crippen LogP contribution in [-0.2, 0) is 19.1 Å². The molecule has 0 saturated heterocycles. The van der Waals surface area contributed by atoms with Crippen LogP contribution in [0.25, 0.3) is 0 Å². The van der Waals surface area contributed by atoms with Crippen LogP contribution in [0.2, 0.25) is 0 Å². The molecule has 0 aromatic rings. The topological polar surface area (TPSA) is 52.6 Å². The monoisotopic (exact) mass is 306 g/mol. The molecule has 4 heteroatoms. The standard InChI is InChI=1S/C18H26O4/c1-8-18(5,10-9-11(2)3)13-12(4)14(19)16(21-6)17(22-7)15(13)20/h9H,8,10H2,1-7H3. The Morgan fingerprint density at radius 1 is 1.09 bits per heavy atom. The molecule has 0 radical (unpaired) electrons. The number of hydrogen-bond acceptors (Lipinski definition) is 4. The van der Waals surface area contributed by atoms with Crippen molar-refractivity contribution >= 4 is 11.6 Å². The predicted molar refractivity (Wildman–Crippen MR) is 86.2 cm³/mol. The molecule has 1 aliphatic rings. The molecular weight excluding hydrogens is 280 g/mol. The zero-order valence-corrected chi connectivity index (χ0v) is 14.6. The molecule has 0 heterocycles. The largest absolute Gasteiger partial charge is 0.489 e. The van der Waals surface area contributed by atoms with Gasteiger partial charge in [-0.25, -0.2) is 0 Å². The molecular formula is C18H26O4. The molecule has 1 rings (SSSR count). The maximum absolute atomic E-state index is 12.8. The van der Waals surface area contributed by atoms with Crippen LogP contribution in [0, 0.1) is 5.41 Å². The Hall–Kier alpha value is -1.84. The van der Waals surface area contributed by atoms with Crippen molar-refractivity contribution in [3.63, 3.8) is 0 Å². The zero-order valence-electron chi connectivity index (χ0n) is 14.6. The van der Waals surface area contributed by atoms with E-state index in [1.54, 1.807) is 6.92 Å². The van der Waals surface area contributed by atoms with Gasteiger partial charge in [0.2, 0.25) is 23.1 Å². The molecule has 0 fully saturated rings. The van der Waals surface area contributed by atoms with Gasteiger partial charge in [0.15, 0.2) is 0 Å². The van der Waals surface area contributed by atoms with Crippen LogP contribution in [0.15, 0.2) is 34.3 Å². The maximum Gasteiger partial charge on any atom is 0.228 e. The number of Topliss-reactive ketones (excluding diaryl/α,β-unsaturated/α-hetero) is 2. The second-order valence-corrected chi connectivity index (χ2v) is 6.12. The molecule has 0 N–H and O–H groups in total. The summed E-state index contributed by atoms with van der Waals surface area (Å²) in [4.78, 5) is 25.3. The fourth-order valence-corrected chi connectivity index (χ4v) is 2.72. The number of ether oxygens (including phenoxy) is 2. The Morgan fingerprint density at radius 3 is 2.00 bits per heavy atom. The fourth-order valence-electron chi connectivity index (χ4n) is 2.72. The number of methoxy groups -OCH3 is 2. The lowest BCUT2D eigenvalue weighted by Crippen LogP contribution is -2.33. The average molecular weight is 306 g/mol. The van der Waals surface area contributed by atoms with Crippen LogP contribution in [-0.4, -0.2) is 25.8 Å². The summed E-state index contributed by atoms with van der Waals surface area (Å²) in [6.07, 6.45) is 3.56. The summed E-state index contributed by atoms with van der Waals surface area (Å²) >= 11 is 0. The highest BCUT2D eigenvalue weighted by molar-refractivity contribution is 6.23. The molecule has 4 nitrogen and oxygen atoms in total. The van der Waals surface area contributed by atoms with Crippen LogP contribution in [0.3, 0.4) is 0 Å². The van der Waals surface area contributed by atoms with E-state index in [0.29, 0.717) is 17.6 Å². The van der Waals surface area contributed by atoms with Crippen molar-refractivity contribution in [2.45, 2.75) is 47.5 Å². The van der Waals surface area contributed by atoms with E-state index in [2.05, 4.69) is 6.08 Å². The number of rotatable bonds is 6. The van der Waals surface area contributed by atoms with E-state index in [1.807, 2.05) is 27.7 Å². The van der Waals surface area contributed by atoms with Gasteiger partial charge in [0.05, 0.1) is 14.2 Å². The van der Waals surface area contributed by atoms with Gasteiger partial charge >= 0.3 is 0 Å². The zero-order chi connectivity index (χ0) is 17.1. The molecule has 22 heavy (non-hydrogen) atoms. The summed E-state index contributed by atoms with van der Waals surface area (Å²) in [7, 11) is 2.76. The van der Waals surface area contributed by atoms with E-state index in [-0.39, 0.29) is 23.1 Å². The minimum Gasteiger partial charge on any atom is -0.489 e. The van der Waals surface area contributed by atoms with Gasteiger partial charge in [-0.15, -0.1) is 0 Å². The van der Waals surface area contributed by atoms with Crippen molar-refractivity contribution in [1.29, 1.82) is 0 Å². The first kappa shape index (κ1) is 18.2. The summed E-state index contributed by atoms with van der Waals surface area (Å²) in [5.41, 5.74) is 1.77. The highest BCUT2D eigenvalue weighted by Crippen LogP contribution is 2.42. The van der Waals surface area contributed by atoms with Gasteiger partial charge in [-0.1, -0.05) is 25.5 Å². The molecule has 1 unspecified atom stereocenters. The number of allylic oxidation sites excluding steroid dienone is 4. The number of ketones is 2. The first-order valence-electron chi connectivity index (χ1n) is 7.49. The van der Waals surface area contributed by atoms with Gasteiger partial charge in [0.25, 0.3) is 0 Å². The van der Waals surface area contributed by atoms with Crippen molar-refractivity contribution < 1.29 is 19.1 Å². The van der Waals surface area contributed by atoms with E-state index >= 15 is 0 Å². The molecule has 0 saturated carbocycles. The smallest absolute Gasteiger partial charge is 0.228 e. The molecule has 0 aromatic carbocycles. The lowest BCUT2D eigenvalue weighted by molar-refractivity contribution is -0.122. The van der Waals surface area contributed by atoms with Crippen LogP contribution < -0.4 is 0 Å². The van der Waals surface area contributed by atoms with Crippen molar-refractivity contribution in [3.8, 4) is 0 Å². The Kier molecular flexibility index (Phi) is 5.75. The van der Waals surface area contributed by atoms with Crippen LogP contribution >= 0.6 is 0 Å². The third-order valence-electron chi connectivity index (χ3n) is 4.31. The number of carbonyl (C=O) groups excluding carboxylic acids is 2. The minimum atomic E-state index is -0.406. The van der Waals surface area contributed by atoms with Gasteiger partial charge in [-0.05, 0) is 33.6 Å². The predicted octanol–water partition coefficient (Wildman–Crippen LogP) is 3.73. The van der Waals surface area contributed by atoms with Gasteiger partial charge in [-0.2, -0.15) is 0 Å². The van der Waals surface area contributed by atoms with Crippen molar-refractivity contribution in [1.82, 2.24) is 0 Å². The third-order valence-corrected chi connectivity index (χ3v) is 4.31. The van der Waals surface area contributed by atoms with E-state index in [9.17, 15) is 9.59 Å². The second-order valence-electron chi connectivity index (χ2n) is 6.12. The van der Waals surface area contributed by atoms with E-state index in [1.165, 1.54) is 19.8 Å². The van der Waals surface area contributed by atoms with E-state index < -0.39 is 5.41 Å². The summed E-state index contributed by atoms with van der Waals surface area (Å²) in [6, 6.07) is 0. The highest BCUT2D eigenvalue weighted by Gasteiger charge is 2.42. The first-order valence-corrected chi connectivity index (χ1v) is 7.49. The molecule has 1 aliphatic carbocycles. The third kappa shape index (κ3) is 3.16. The Morgan fingerprint density at radius 2 is 1.59 bits per heavy atom. The quantitative estimate of drug-likeness (QED) is 0.554. The summed E-state index contributed by atoms with van der Waals surface area (Å²) < 4.78 is 10.2. The molecule has 0 amide bonds. The van der Waals surface area contributed by atoms with E-state index in [4.69, 9.17) is 9.47 Å². The van der Waals surface area contributed by atoms with Crippen LogP contribution in [0.5, 0.6) is 0 Å². The van der Waals surface area contributed by atoms with Crippen LogP contribution in [0.1, 0.15) is 47.5 Å². The summed E-state index contributed by atoms with van der Waals surface area (Å²) in [5.74, 6) is -0.520. The van der Waals surface area contributed by atoms with Crippen molar-refractivity contribution in [3.05, 3.63) is 34.3 Å². The van der Waals surface area contributed by atoms with Gasteiger partial charge in [-0.3, -0.25) is 9.59 Å². The summed E-state index contributed by atoms with van der Waals surface area (Å²) in [5, 5.41) is 0. The normalized spacial score (nSPS) is 18.3. The number of carbonyl (C=O) groups is 2.